The molecule has 2 aromatic rings. The van der Waals surface area contributed by atoms with Crippen molar-refractivity contribution in [1.82, 2.24) is 0 Å². The zero-order valence-corrected chi connectivity index (χ0v) is 15.3. The van der Waals surface area contributed by atoms with Gasteiger partial charge >= 0.3 is 0 Å². The average Bonchev–Trinajstić information content (AvgIpc) is 2.62. The molecule has 1 amide bonds. The molecule has 7 heteroatoms. The molecule has 0 atom stereocenters. The molecule has 3 rings (SSSR count). The number of anilines is 2. The molecule has 26 heavy (non-hydrogen) atoms. The van der Waals surface area contributed by atoms with E-state index in [1.807, 2.05) is 0 Å². The number of carbonyl (C=O) groups is 2. The number of piperidine rings is 1. The third-order valence-electron chi connectivity index (χ3n) is 4.30. The summed E-state index contributed by atoms with van der Waals surface area (Å²) in [5.41, 5.74) is 1.52. The first-order valence-electron chi connectivity index (χ1n) is 8.41. The molecule has 1 N–H and O–H groups in total. The number of benzene rings is 2. The van der Waals surface area contributed by atoms with Crippen LogP contribution >= 0.6 is 0 Å². The molecule has 0 aromatic heterocycles. The van der Waals surface area contributed by atoms with Gasteiger partial charge in [0.25, 0.3) is 10.0 Å². The molecule has 1 aliphatic heterocycles. The van der Waals surface area contributed by atoms with Crippen molar-refractivity contribution in [1.29, 1.82) is 0 Å². The largest absolute Gasteiger partial charge is 0.312 e. The van der Waals surface area contributed by atoms with Gasteiger partial charge in [0.15, 0.2) is 5.78 Å². The number of nitrogens with one attached hydrogen (secondary N) is 1. The Hall–Kier alpha value is -2.67. The molecule has 1 saturated heterocycles. The second-order valence-corrected chi connectivity index (χ2v) is 7.92. The number of ketones is 1. The Bertz CT molecular complexity index is 936. The smallest absolute Gasteiger partial charge is 0.261 e. The van der Waals surface area contributed by atoms with Gasteiger partial charge in [0.1, 0.15) is 0 Å². The minimum atomic E-state index is -3.78. The van der Waals surface area contributed by atoms with E-state index in [4.69, 9.17) is 0 Å². The fourth-order valence-electron chi connectivity index (χ4n) is 2.90. The van der Waals surface area contributed by atoms with Crippen LogP contribution in [0.4, 0.5) is 11.4 Å². The Balaban J connectivity index is 1.82. The van der Waals surface area contributed by atoms with Gasteiger partial charge < -0.3 is 4.90 Å². The van der Waals surface area contributed by atoms with Gasteiger partial charge in [-0.3, -0.25) is 14.3 Å². The maximum atomic E-state index is 12.6. The average molecular weight is 372 g/mol. The van der Waals surface area contributed by atoms with Crippen LogP contribution < -0.4 is 9.62 Å². The molecule has 0 spiro atoms. The van der Waals surface area contributed by atoms with E-state index < -0.39 is 10.0 Å². The summed E-state index contributed by atoms with van der Waals surface area (Å²) in [5, 5.41) is 0. The molecule has 0 aliphatic carbocycles. The van der Waals surface area contributed by atoms with Crippen LogP contribution in [0.5, 0.6) is 0 Å². The summed E-state index contributed by atoms with van der Waals surface area (Å²) in [4.78, 5) is 25.1. The lowest BCUT2D eigenvalue weighted by molar-refractivity contribution is -0.119. The first kappa shape index (κ1) is 18.1. The van der Waals surface area contributed by atoms with Gasteiger partial charge in [0.2, 0.25) is 5.91 Å². The predicted molar refractivity (Wildman–Crippen MR) is 99.9 cm³/mol. The van der Waals surface area contributed by atoms with Gasteiger partial charge in [-0.25, -0.2) is 8.42 Å². The zero-order valence-electron chi connectivity index (χ0n) is 14.4. The maximum absolute atomic E-state index is 12.6. The minimum Gasteiger partial charge on any atom is -0.312 e. The van der Waals surface area contributed by atoms with Gasteiger partial charge in [-0.05, 0) is 50.1 Å². The highest BCUT2D eigenvalue weighted by Gasteiger charge is 2.20. The highest BCUT2D eigenvalue weighted by molar-refractivity contribution is 7.92. The fourth-order valence-corrected chi connectivity index (χ4v) is 3.95. The molecule has 1 aliphatic rings. The molecule has 136 valence electrons. The molecule has 6 nitrogen and oxygen atoms in total. The van der Waals surface area contributed by atoms with Crippen molar-refractivity contribution in [2.24, 2.45) is 0 Å². The number of amides is 1. The van der Waals surface area contributed by atoms with Crippen molar-refractivity contribution in [3.8, 4) is 0 Å². The van der Waals surface area contributed by atoms with Crippen LogP contribution in [0.15, 0.2) is 53.4 Å². The quantitative estimate of drug-likeness (QED) is 0.817. The van der Waals surface area contributed by atoms with Crippen LogP contribution in [-0.2, 0) is 14.8 Å². The molecule has 0 radical (unpaired) electrons. The van der Waals surface area contributed by atoms with Gasteiger partial charge in [-0.2, -0.15) is 0 Å². The second-order valence-electron chi connectivity index (χ2n) is 6.24. The van der Waals surface area contributed by atoms with Crippen LogP contribution in [-0.4, -0.2) is 26.7 Å². The monoisotopic (exact) mass is 372 g/mol. The summed E-state index contributed by atoms with van der Waals surface area (Å²) in [5.74, 6) is -0.0723. The van der Waals surface area contributed by atoms with E-state index in [0.717, 1.165) is 12.8 Å². The molecule has 0 bridgehead atoms. The van der Waals surface area contributed by atoms with Crippen molar-refractivity contribution in [2.45, 2.75) is 31.1 Å². The van der Waals surface area contributed by atoms with Gasteiger partial charge in [-0.1, -0.05) is 18.2 Å². The van der Waals surface area contributed by atoms with Gasteiger partial charge in [-0.15, -0.1) is 0 Å². The predicted octanol–water partition coefficient (Wildman–Crippen LogP) is 3.21. The lowest BCUT2D eigenvalue weighted by Crippen LogP contribution is -2.35. The Morgan fingerprint density at radius 2 is 1.81 bits per heavy atom. The van der Waals surface area contributed by atoms with Gasteiger partial charge in [0, 0.05) is 24.2 Å². The first-order chi connectivity index (χ1) is 12.4. The van der Waals surface area contributed by atoms with E-state index in [2.05, 4.69) is 4.72 Å². The highest BCUT2D eigenvalue weighted by atomic mass is 32.2. The molecule has 0 unspecified atom stereocenters. The summed E-state index contributed by atoms with van der Waals surface area (Å²) >= 11 is 0. The van der Waals surface area contributed by atoms with Crippen LogP contribution in [0.2, 0.25) is 0 Å². The Labute approximate surface area is 152 Å². The molecular formula is C19H20N2O4S. The van der Waals surface area contributed by atoms with E-state index in [9.17, 15) is 18.0 Å². The molecule has 2 aromatic carbocycles. The Morgan fingerprint density at radius 1 is 1.08 bits per heavy atom. The fraction of sp³-hybridized carbons (Fsp3) is 0.263. The van der Waals surface area contributed by atoms with E-state index in [0.29, 0.717) is 29.9 Å². The SMILES string of the molecule is CC(=O)c1ccc(S(=O)(=O)Nc2cccc(N3CCCCC3=O)c2)cc1. The molecule has 1 fully saturated rings. The molecular weight excluding hydrogens is 352 g/mol. The first-order valence-corrected chi connectivity index (χ1v) is 9.89. The van der Waals surface area contributed by atoms with Crippen molar-refractivity contribution >= 4 is 33.1 Å². The second kappa shape index (κ2) is 7.29. The standard InChI is InChI=1S/C19H20N2O4S/c1-14(22)15-8-10-18(11-9-15)26(24,25)20-16-5-4-6-17(13-16)21-12-3-2-7-19(21)23/h4-6,8-11,13,20H,2-3,7,12H2,1H3. The number of nitrogens with zero attached hydrogens (tertiary/aromatic N) is 1. The summed E-state index contributed by atoms with van der Waals surface area (Å²) in [6.45, 7) is 2.07. The number of hydrogen-bond acceptors (Lipinski definition) is 4. The van der Waals surface area contributed by atoms with Gasteiger partial charge in [0.05, 0.1) is 10.6 Å². The number of Topliss-reactive ketones (excluding diaryl/α,β-unsaturated/α-hetero) is 1. The van der Waals surface area contributed by atoms with Crippen LogP contribution in [0.3, 0.4) is 0 Å². The van der Waals surface area contributed by atoms with Crippen LogP contribution in [0.25, 0.3) is 0 Å². The topological polar surface area (TPSA) is 83.6 Å². The third-order valence-corrected chi connectivity index (χ3v) is 5.70. The van der Waals surface area contributed by atoms with Crippen molar-refractivity contribution in [3.05, 3.63) is 54.1 Å². The highest BCUT2D eigenvalue weighted by Crippen LogP contribution is 2.25. The van der Waals surface area contributed by atoms with Crippen molar-refractivity contribution in [2.75, 3.05) is 16.2 Å². The zero-order chi connectivity index (χ0) is 18.7. The molecule has 0 saturated carbocycles. The number of hydrogen-bond donors (Lipinski definition) is 1. The number of carbonyl (C=O) groups excluding carboxylic acids is 2. The van der Waals surface area contributed by atoms with E-state index in [1.165, 1.54) is 31.2 Å². The van der Waals surface area contributed by atoms with Crippen LogP contribution in [0.1, 0.15) is 36.5 Å². The van der Waals surface area contributed by atoms with E-state index >= 15 is 0 Å². The van der Waals surface area contributed by atoms with Crippen LogP contribution in [0, 0.1) is 0 Å². The normalized spacial score (nSPS) is 15.0. The lowest BCUT2D eigenvalue weighted by atomic mass is 10.1. The van der Waals surface area contributed by atoms with Crippen molar-refractivity contribution < 1.29 is 18.0 Å². The molecule has 1 heterocycles. The van der Waals surface area contributed by atoms with Crippen molar-refractivity contribution in [3.63, 3.8) is 0 Å². The summed E-state index contributed by atoms with van der Waals surface area (Å²) in [6.07, 6.45) is 2.33. The Morgan fingerprint density at radius 3 is 2.46 bits per heavy atom. The van der Waals surface area contributed by atoms with E-state index in [1.54, 1.807) is 29.2 Å². The number of rotatable bonds is 5. The maximum Gasteiger partial charge on any atom is 0.261 e. The summed E-state index contributed by atoms with van der Waals surface area (Å²) in [6, 6.07) is 12.6. The third kappa shape index (κ3) is 3.94. The summed E-state index contributed by atoms with van der Waals surface area (Å²) in [7, 11) is -3.78. The minimum absolute atomic E-state index is 0.0519. The van der Waals surface area contributed by atoms with E-state index in [-0.39, 0.29) is 16.6 Å². The Kier molecular flexibility index (Phi) is 5.08. The summed E-state index contributed by atoms with van der Waals surface area (Å²) < 4.78 is 27.6. The number of sulfonamides is 1. The lowest BCUT2D eigenvalue weighted by Gasteiger charge is -2.27.